The van der Waals surface area contributed by atoms with Crippen LogP contribution < -0.4 is 4.72 Å². The van der Waals surface area contributed by atoms with Crippen LogP contribution in [-0.2, 0) is 14.8 Å². The van der Waals surface area contributed by atoms with Crippen molar-refractivity contribution in [2.75, 3.05) is 7.11 Å². The summed E-state index contributed by atoms with van der Waals surface area (Å²) < 4.78 is 30.2. The second kappa shape index (κ2) is 6.02. The molecule has 0 spiro atoms. The summed E-state index contributed by atoms with van der Waals surface area (Å²) in [6.45, 7) is 0. The summed E-state index contributed by atoms with van der Waals surface area (Å²) in [7, 11) is -2.76. The largest absolute Gasteiger partial charge is 0.464 e. The molecule has 0 saturated carbocycles. The van der Waals surface area contributed by atoms with E-state index in [1.54, 1.807) is 11.4 Å². The van der Waals surface area contributed by atoms with Crippen LogP contribution in [-0.4, -0.2) is 32.4 Å². The van der Waals surface area contributed by atoms with E-state index < -0.39 is 21.9 Å². The zero-order valence-corrected chi connectivity index (χ0v) is 12.4. The fourth-order valence-electron chi connectivity index (χ4n) is 1.42. The summed E-state index contributed by atoms with van der Waals surface area (Å²) in [6.07, 6.45) is 0. The Labute approximate surface area is 124 Å². The van der Waals surface area contributed by atoms with Gasteiger partial charge in [-0.25, -0.2) is 22.9 Å². The first kappa shape index (κ1) is 15.1. The van der Waals surface area contributed by atoms with E-state index in [4.69, 9.17) is 0 Å². The van der Waals surface area contributed by atoms with Gasteiger partial charge in [0.1, 0.15) is 15.6 Å². The first-order valence-electron chi connectivity index (χ1n) is 5.60. The lowest BCUT2D eigenvalue weighted by Gasteiger charge is -2.05. The predicted octanol–water partition coefficient (Wildman–Crippen LogP) is 1.05. The summed E-state index contributed by atoms with van der Waals surface area (Å²) in [5.74, 6) is -1.64. The Kier molecular flexibility index (Phi) is 4.34. The first-order valence-corrected chi connectivity index (χ1v) is 7.96. The second-order valence-corrected chi connectivity index (χ2v) is 6.62. The highest BCUT2D eigenvalue weighted by molar-refractivity contribution is 7.92. The van der Waals surface area contributed by atoms with Gasteiger partial charge in [-0.05, 0) is 23.6 Å². The summed E-state index contributed by atoms with van der Waals surface area (Å²) in [5, 5.41) is 1.58. The normalized spacial score (nSPS) is 10.9. The number of thiophene rings is 1. The highest BCUT2D eigenvalue weighted by atomic mass is 32.2. The van der Waals surface area contributed by atoms with Gasteiger partial charge >= 0.3 is 5.97 Å². The van der Waals surface area contributed by atoms with E-state index in [1.807, 2.05) is 4.72 Å². The highest BCUT2D eigenvalue weighted by Crippen LogP contribution is 2.15. The molecule has 2 aromatic heterocycles. The predicted molar refractivity (Wildman–Crippen MR) is 74.5 cm³/mol. The van der Waals surface area contributed by atoms with Crippen LogP contribution >= 0.6 is 11.3 Å². The van der Waals surface area contributed by atoms with Gasteiger partial charge in [0.15, 0.2) is 0 Å². The van der Waals surface area contributed by atoms with Gasteiger partial charge in [-0.3, -0.25) is 4.79 Å². The van der Waals surface area contributed by atoms with E-state index in [0.29, 0.717) is 0 Å². The molecule has 1 amide bonds. The number of methoxy groups -OCH3 is 1. The number of rotatable bonds is 4. The van der Waals surface area contributed by atoms with Gasteiger partial charge in [-0.1, -0.05) is 12.1 Å². The van der Waals surface area contributed by atoms with Gasteiger partial charge < -0.3 is 4.74 Å². The number of amides is 1. The number of hydrogen-bond acceptors (Lipinski definition) is 7. The van der Waals surface area contributed by atoms with Gasteiger partial charge in [-0.2, -0.15) is 0 Å². The maximum Gasteiger partial charge on any atom is 0.356 e. The van der Waals surface area contributed by atoms with Crippen LogP contribution in [0.2, 0.25) is 0 Å². The summed E-state index contributed by atoms with van der Waals surface area (Å²) in [4.78, 5) is 27.0. The molecule has 2 heterocycles. The van der Waals surface area contributed by atoms with Crippen molar-refractivity contribution < 1.29 is 22.7 Å². The monoisotopic (exact) mass is 326 g/mol. The van der Waals surface area contributed by atoms with Crippen LogP contribution in [0.25, 0.3) is 0 Å². The van der Waals surface area contributed by atoms with Crippen LogP contribution in [0.1, 0.15) is 21.0 Å². The minimum absolute atomic E-state index is 0.0139. The molecule has 1 N–H and O–H groups in total. The molecule has 0 aliphatic rings. The molecule has 0 aliphatic carbocycles. The van der Waals surface area contributed by atoms with Crippen LogP contribution in [0, 0.1) is 0 Å². The Bertz CT molecular complexity index is 769. The molecule has 9 heteroatoms. The molecule has 0 aliphatic heterocycles. The fourth-order valence-corrected chi connectivity index (χ4v) is 3.37. The molecule has 0 fully saturated rings. The minimum Gasteiger partial charge on any atom is -0.464 e. The molecule has 0 unspecified atom stereocenters. The summed E-state index contributed by atoms with van der Waals surface area (Å²) in [5.41, 5.74) is -0.281. The van der Waals surface area contributed by atoms with Crippen molar-refractivity contribution in [3.05, 3.63) is 47.1 Å². The third kappa shape index (κ3) is 3.44. The maximum atomic E-state index is 11.9. The molecule has 2 aromatic rings. The van der Waals surface area contributed by atoms with Gasteiger partial charge in [0.25, 0.3) is 15.9 Å². The minimum atomic E-state index is -3.94. The molecule has 2 rings (SSSR count). The first-order chi connectivity index (χ1) is 9.94. The van der Waals surface area contributed by atoms with E-state index in [1.165, 1.54) is 31.4 Å². The second-order valence-electron chi connectivity index (χ2n) is 3.77. The number of ether oxygens (including phenoxy) is 1. The molecule has 0 radical (unpaired) electrons. The Hall–Kier alpha value is -2.26. The number of aromatic nitrogens is 1. The third-order valence-electron chi connectivity index (χ3n) is 2.36. The number of nitrogens with one attached hydrogen (secondary N) is 1. The standard InChI is InChI=1S/C12H10N2O5S2/c1-19-12(16)9-5-2-4-8(13-9)11(15)14-21(17,18)10-6-3-7-20-10/h2-7H,1H3,(H,14,15). The average Bonchev–Trinajstić information content (AvgIpc) is 3.01. The van der Waals surface area contributed by atoms with Crippen molar-refractivity contribution in [1.82, 2.24) is 9.71 Å². The van der Waals surface area contributed by atoms with Gasteiger partial charge in [0, 0.05) is 0 Å². The number of carbonyl (C=O) groups excluding carboxylic acids is 2. The van der Waals surface area contributed by atoms with Crippen molar-refractivity contribution in [3.8, 4) is 0 Å². The number of nitrogens with zero attached hydrogens (tertiary/aromatic N) is 1. The van der Waals surface area contributed by atoms with Crippen molar-refractivity contribution in [3.63, 3.8) is 0 Å². The SMILES string of the molecule is COC(=O)c1cccc(C(=O)NS(=O)(=O)c2cccs2)n1. The molecule has 0 bridgehead atoms. The lowest BCUT2D eigenvalue weighted by molar-refractivity contribution is 0.0594. The average molecular weight is 326 g/mol. The van der Waals surface area contributed by atoms with Crippen molar-refractivity contribution >= 4 is 33.2 Å². The van der Waals surface area contributed by atoms with E-state index in [-0.39, 0.29) is 15.6 Å². The number of hydrogen-bond donors (Lipinski definition) is 1. The highest BCUT2D eigenvalue weighted by Gasteiger charge is 2.21. The summed E-state index contributed by atoms with van der Waals surface area (Å²) in [6, 6.07) is 6.99. The molecule has 0 saturated heterocycles. The molecule has 0 aromatic carbocycles. The van der Waals surface area contributed by atoms with Gasteiger partial charge in [0.2, 0.25) is 0 Å². The smallest absolute Gasteiger partial charge is 0.356 e. The number of carbonyl (C=O) groups is 2. The Morgan fingerprint density at radius 2 is 1.90 bits per heavy atom. The molecule has 0 atom stereocenters. The van der Waals surface area contributed by atoms with Crippen LogP contribution in [0.15, 0.2) is 39.9 Å². The lowest BCUT2D eigenvalue weighted by Crippen LogP contribution is -2.31. The zero-order chi connectivity index (χ0) is 15.5. The third-order valence-corrected chi connectivity index (χ3v) is 5.09. The van der Waals surface area contributed by atoms with Crippen LogP contribution in [0.4, 0.5) is 0 Å². The van der Waals surface area contributed by atoms with E-state index in [9.17, 15) is 18.0 Å². The summed E-state index contributed by atoms with van der Waals surface area (Å²) >= 11 is 0.982. The van der Waals surface area contributed by atoms with Gasteiger partial charge in [0.05, 0.1) is 7.11 Å². The zero-order valence-electron chi connectivity index (χ0n) is 10.8. The van der Waals surface area contributed by atoms with E-state index >= 15 is 0 Å². The van der Waals surface area contributed by atoms with E-state index in [2.05, 4.69) is 9.72 Å². The van der Waals surface area contributed by atoms with E-state index in [0.717, 1.165) is 11.3 Å². The fraction of sp³-hybridized carbons (Fsp3) is 0.0833. The molecule has 21 heavy (non-hydrogen) atoms. The van der Waals surface area contributed by atoms with Crippen molar-refractivity contribution in [1.29, 1.82) is 0 Å². The number of pyridine rings is 1. The molecular formula is C12H10N2O5S2. The topological polar surface area (TPSA) is 102 Å². The Morgan fingerprint density at radius 1 is 1.19 bits per heavy atom. The van der Waals surface area contributed by atoms with Gasteiger partial charge in [-0.15, -0.1) is 11.3 Å². The van der Waals surface area contributed by atoms with Crippen LogP contribution in [0.5, 0.6) is 0 Å². The number of esters is 1. The quantitative estimate of drug-likeness (QED) is 0.843. The Balaban J connectivity index is 2.23. The maximum absolute atomic E-state index is 11.9. The molecule has 110 valence electrons. The molecular weight excluding hydrogens is 316 g/mol. The van der Waals surface area contributed by atoms with Crippen molar-refractivity contribution in [2.45, 2.75) is 4.21 Å². The lowest BCUT2D eigenvalue weighted by atomic mass is 10.3. The molecule has 7 nitrogen and oxygen atoms in total. The van der Waals surface area contributed by atoms with Crippen LogP contribution in [0.3, 0.4) is 0 Å². The number of sulfonamides is 1. The van der Waals surface area contributed by atoms with Crippen molar-refractivity contribution in [2.24, 2.45) is 0 Å². The Morgan fingerprint density at radius 3 is 2.52 bits per heavy atom.